The minimum Gasteiger partial charge on any atom is -0.480 e. The fourth-order valence-electron chi connectivity index (χ4n) is 6.55. The maximum atomic E-state index is 14.4. The number of thiophene rings is 1. The van der Waals surface area contributed by atoms with E-state index in [9.17, 15) is 48.5 Å². The van der Waals surface area contributed by atoms with E-state index in [1.54, 1.807) is 29.6 Å². The van der Waals surface area contributed by atoms with E-state index in [4.69, 9.17) is 0 Å². The molecule has 60 heavy (non-hydrogen) atoms. The van der Waals surface area contributed by atoms with Crippen molar-refractivity contribution in [3.8, 4) is 11.1 Å². The van der Waals surface area contributed by atoms with E-state index in [2.05, 4.69) is 26.6 Å². The number of rotatable bonds is 8. The van der Waals surface area contributed by atoms with Gasteiger partial charge in [0.1, 0.15) is 30.0 Å². The number of carboxylic acid groups (broad SMARTS) is 1. The zero-order valence-electron chi connectivity index (χ0n) is 31.9. The van der Waals surface area contributed by atoms with Crippen LogP contribution >= 0.6 is 11.3 Å². The first-order valence-corrected chi connectivity index (χ1v) is 19.8. The summed E-state index contributed by atoms with van der Waals surface area (Å²) in [7, 11) is 0. The summed E-state index contributed by atoms with van der Waals surface area (Å²) in [5.41, 5.74) is 3.41. The van der Waals surface area contributed by atoms with Crippen LogP contribution in [0, 0.1) is 5.82 Å². The number of amides is 5. The molecule has 0 fully saturated rings. The van der Waals surface area contributed by atoms with E-state index in [-0.39, 0.29) is 31.4 Å². The minimum atomic E-state index is -2.32. The highest BCUT2D eigenvalue weighted by molar-refractivity contribution is 7.09. The number of carbonyl (C=O) groups excluding carboxylic acids is 5. The Morgan fingerprint density at radius 2 is 1.10 bits per heavy atom. The smallest absolute Gasteiger partial charge is 0.326 e. The lowest BCUT2D eigenvalue weighted by Gasteiger charge is -2.27. The summed E-state index contributed by atoms with van der Waals surface area (Å²) in [4.78, 5) is 82.0. The number of aliphatic hydroxyl groups excluding tert-OH is 2. The van der Waals surface area contributed by atoms with E-state index in [1.807, 2.05) is 42.5 Å². The number of hydrogen-bond donors (Lipinski definition) is 8. The zero-order chi connectivity index (χ0) is 42.8. The average Bonchev–Trinajstić information content (AvgIpc) is 3.77. The summed E-state index contributed by atoms with van der Waals surface area (Å²) in [5.74, 6) is -6.92. The lowest BCUT2D eigenvalue weighted by atomic mass is 9.99. The van der Waals surface area contributed by atoms with Crippen LogP contribution in [-0.4, -0.2) is 87.2 Å². The Balaban J connectivity index is 1.37. The quantitative estimate of drug-likeness (QED) is 0.108. The van der Waals surface area contributed by atoms with Crippen LogP contribution in [0.15, 0.2) is 121 Å². The molecule has 0 unspecified atom stereocenters. The van der Waals surface area contributed by atoms with Crippen molar-refractivity contribution in [3.63, 3.8) is 0 Å². The Morgan fingerprint density at radius 3 is 1.67 bits per heavy atom. The van der Waals surface area contributed by atoms with E-state index >= 15 is 0 Å². The molecule has 2 bridgehead atoms. The van der Waals surface area contributed by atoms with Crippen molar-refractivity contribution in [2.24, 2.45) is 0 Å². The zero-order valence-corrected chi connectivity index (χ0v) is 32.7. The third-order valence-corrected chi connectivity index (χ3v) is 10.7. The molecule has 6 atom stereocenters. The lowest BCUT2D eigenvalue weighted by molar-refractivity contribution is -0.145. The molecular weight excluding hydrogens is 794 g/mol. The Hall–Kier alpha value is -6.75. The second kappa shape index (κ2) is 19.8. The molecule has 16 heteroatoms. The first-order chi connectivity index (χ1) is 28.8. The van der Waals surface area contributed by atoms with Crippen LogP contribution in [0.25, 0.3) is 11.1 Å². The van der Waals surface area contributed by atoms with Crippen molar-refractivity contribution in [2.45, 2.75) is 62.1 Å². The van der Waals surface area contributed by atoms with Gasteiger partial charge in [-0.15, -0.1) is 11.3 Å². The summed E-state index contributed by atoms with van der Waals surface area (Å²) >= 11 is 1.27. The Morgan fingerprint density at radius 1 is 0.583 bits per heavy atom. The van der Waals surface area contributed by atoms with Crippen molar-refractivity contribution < 1.29 is 48.5 Å². The molecule has 310 valence electrons. The van der Waals surface area contributed by atoms with Crippen molar-refractivity contribution >= 4 is 52.5 Å². The van der Waals surface area contributed by atoms with Gasteiger partial charge in [-0.2, -0.15) is 0 Å². The number of fused-ring (bicyclic) bond motifs is 18. The van der Waals surface area contributed by atoms with Crippen LogP contribution < -0.4 is 26.6 Å². The topological polar surface area (TPSA) is 223 Å². The highest BCUT2D eigenvalue weighted by Gasteiger charge is 2.36. The maximum absolute atomic E-state index is 14.4. The molecule has 14 nitrogen and oxygen atoms in total. The number of halogens is 1. The molecule has 3 heterocycles. The number of nitrogens with one attached hydrogen (secondary N) is 5. The van der Waals surface area contributed by atoms with Gasteiger partial charge in [-0.1, -0.05) is 84.9 Å². The first kappa shape index (κ1) is 42.8. The van der Waals surface area contributed by atoms with E-state index in [0.29, 0.717) is 21.6 Å². The van der Waals surface area contributed by atoms with Gasteiger partial charge in [-0.05, 0) is 63.5 Å². The Bertz CT molecular complexity index is 2290. The molecule has 4 aromatic carbocycles. The fraction of sp³-hybridized carbons (Fsp3) is 0.227. The summed E-state index contributed by atoms with van der Waals surface area (Å²) in [6.45, 7) is 0. The van der Waals surface area contributed by atoms with Gasteiger partial charge in [0.05, 0.1) is 0 Å². The third kappa shape index (κ3) is 11.5. The number of aliphatic carboxylic acids is 1. The normalized spacial score (nSPS) is 22.0. The molecular formula is C44H42FN5O9S. The monoisotopic (exact) mass is 835 g/mol. The number of hydrogen-bond acceptors (Lipinski definition) is 9. The number of carbonyl (C=O) groups is 6. The second-order valence-corrected chi connectivity index (χ2v) is 15.3. The number of anilines is 1. The molecule has 0 spiro atoms. The number of benzene rings is 4. The molecule has 7 rings (SSSR count). The van der Waals surface area contributed by atoms with Gasteiger partial charge >= 0.3 is 5.97 Å². The van der Waals surface area contributed by atoms with Crippen molar-refractivity contribution in [1.29, 1.82) is 0 Å². The van der Waals surface area contributed by atoms with Crippen LogP contribution in [0.3, 0.4) is 0 Å². The van der Waals surface area contributed by atoms with Crippen LogP contribution in [0.4, 0.5) is 10.1 Å². The average molecular weight is 836 g/mol. The lowest BCUT2D eigenvalue weighted by Crippen LogP contribution is -2.60. The van der Waals surface area contributed by atoms with Crippen molar-refractivity contribution in [2.75, 3.05) is 5.32 Å². The van der Waals surface area contributed by atoms with Gasteiger partial charge in [-0.25, -0.2) is 9.18 Å². The summed E-state index contributed by atoms with van der Waals surface area (Å²) in [6, 6.07) is 25.3. The van der Waals surface area contributed by atoms with Crippen LogP contribution in [0.2, 0.25) is 0 Å². The van der Waals surface area contributed by atoms with Gasteiger partial charge in [0.2, 0.25) is 17.7 Å². The van der Waals surface area contributed by atoms with Crippen LogP contribution in [-0.2, 0) is 54.5 Å². The van der Waals surface area contributed by atoms with E-state index < -0.39 is 77.7 Å². The maximum Gasteiger partial charge on any atom is 0.326 e. The Kier molecular flexibility index (Phi) is 14.1. The highest BCUT2D eigenvalue weighted by Crippen LogP contribution is 2.21. The molecule has 0 saturated carbocycles. The standard InChI is InChI=1S/C44H42FN5O9S/c45-30-16-10-26(11-17-30)22-34-40(54)50-36(44(58)59)23-27-12-18-31(19-13-27)46-42(56)37(51)38(52)43(57)49-35(24-32-7-4-20-60-32)41(55)48-33(39(53)47-34)21-25-8-14-29(15-9-25)28-5-2-1-3-6-28/h1-20,33-38,51-52H,21-24H2,(H,46,56)(H,47,53)(H,48,55)(H,49,57)(H,50,54)(H,58,59)/t33-,34+,35+,36-,37+,38+/m0/s1. The first-order valence-electron chi connectivity index (χ1n) is 18.9. The molecule has 2 aliphatic heterocycles. The molecule has 2 aliphatic rings. The Labute approximate surface area is 347 Å². The van der Waals surface area contributed by atoms with Gasteiger partial charge in [0, 0.05) is 36.2 Å². The summed E-state index contributed by atoms with van der Waals surface area (Å²) < 4.78 is 13.9. The summed E-state index contributed by atoms with van der Waals surface area (Å²) in [6.07, 6.45) is -5.24. The fourth-order valence-corrected chi connectivity index (χ4v) is 7.30. The van der Waals surface area contributed by atoms with Crippen molar-refractivity contribution in [1.82, 2.24) is 21.3 Å². The van der Waals surface area contributed by atoms with Gasteiger partial charge < -0.3 is 41.9 Å². The molecule has 0 aliphatic carbocycles. The van der Waals surface area contributed by atoms with Crippen LogP contribution in [0.5, 0.6) is 0 Å². The van der Waals surface area contributed by atoms with Gasteiger partial charge in [0.25, 0.3) is 11.8 Å². The van der Waals surface area contributed by atoms with Gasteiger partial charge in [-0.3, -0.25) is 24.0 Å². The van der Waals surface area contributed by atoms with Crippen molar-refractivity contribution in [3.05, 3.63) is 148 Å². The van der Waals surface area contributed by atoms with E-state index in [1.165, 1.54) is 59.9 Å². The molecule has 5 aromatic rings. The van der Waals surface area contributed by atoms with Crippen LogP contribution in [0.1, 0.15) is 21.6 Å². The predicted octanol–water partition coefficient (Wildman–Crippen LogP) is 2.52. The molecule has 0 radical (unpaired) electrons. The number of aliphatic hydroxyl groups is 2. The molecule has 0 saturated heterocycles. The molecule has 1 aromatic heterocycles. The minimum absolute atomic E-state index is 0.108. The molecule has 5 amide bonds. The second-order valence-electron chi connectivity index (χ2n) is 14.2. The SMILES string of the molecule is O=C(O)[C@@H]1Cc2ccc(cc2)NC(=O)[C@H](O)[C@@H](O)C(=O)N[C@H](Cc2cccs2)C(=O)N[C@@H](Cc2ccc(-c3ccccc3)cc2)C(=O)N[C@H](Cc2ccc(F)cc2)C(=O)N1. The third-order valence-electron chi connectivity index (χ3n) is 9.85. The largest absolute Gasteiger partial charge is 0.480 e. The summed E-state index contributed by atoms with van der Waals surface area (Å²) in [5, 5.41) is 46.0. The molecule has 8 N–H and O–H groups in total. The van der Waals surface area contributed by atoms with Gasteiger partial charge in [0.15, 0.2) is 12.2 Å². The number of carboxylic acids is 1. The predicted molar refractivity (Wildman–Crippen MR) is 220 cm³/mol. The van der Waals surface area contributed by atoms with E-state index in [0.717, 1.165) is 11.1 Å². The highest BCUT2D eigenvalue weighted by atomic mass is 32.1.